The summed E-state index contributed by atoms with van der Waals surface area (Å²) < 4.78 is 0. The highest BCUT2D eigenvalue weighted by atomic mass is 32.1. The molecule has 26 heavy (non-hydrogen) atoms. The van der Waals surface area contributed by atoms with Crippen LogP contribution in [0.4, 0.5) is 0 Å². The third-order valence-corrected chi connectivity index (χ3v) is 7.83. The summed E-state index contributed by atoms with van der Waals surface area (Å²) >= 11 is 1.56. The summed E-state index contributed by atoms with van der Waals surface area (Å²) in [5.74, 6) is 1.11. The SMILES string of the molecule is CC(C1CCN(C2CCN(C(=O)c3cccs3)CC2)CC1)N1CCCC1. The van der Waals surface area contributed by atoms with E-state index < -0.39 is 0 Å². The number of thiophene rings is 1. The van der Waals surface area contributed by atoms with Crippen LogP contribution in [0.2, 0.25) is 0 Å². The molecule has 0 aromatic carbocycles. The largest absolute Gasteiger partial charge is 0.338 e. The van der Waals surface area contributed by atoms with Gasteiger partial charge in [0.05, 0.1) is 4.88 Å². The Morgan fingerprint density at radius 2 is 1.73 bits per heavy atom. The zero-order valence-corrected chi connectivity index (χ0v) is 16.9. The molecule has 1 aromatic rings. The molecule has 0 saturated carbocycles. The molecule has 0 N–H and O–H groups in total. The van der Waals surface area contributed by atoms with Gasteiger partial charge in [-0.3, -0.25) is 4.79 Å². The molecule has 3 saturated heterocycles. The lowest BCUT2D eigenvalue weighted by Gasteiger charge is -2.43. The molecule has 1 amide bonds. The van der Waals surface area contributed by atoms with Gasteiger partial charge < -0.3 is 14.7 Å². The Labute approximate surface area is 162 Å². The van der Waals surface area contributed by atoms with Gasteiger partial charge in [-0.15, -0.1) is 11.3 Å². The molecule has 5 heteroatoms. The second-order valence-electron chi connectivity index (χ2n) is 8.36. The topological polar surface area (TPSA) is 26.8 Å². The highest BCUT2D eigenvalue weighted by molar-refractivity contribution is 7.12. The van der Waals surface area contributed by atoms with Crippen LogP contribution >= 0.6 is 11.3 Å². The fourth-order valence-corrected chi connectivity index (χ4v) is 5.89. The van der Waals surface area contributed by atoms with Crippen molar-refractivity contribution in [2.45, 2.75) is 57.5 Å². The number of amides is 1. The molecule has 1 unspecified atom stereocenters. The van der Waals surface area contributed by atoms with Gasteiger partial charge in [-0.25, -0.2) is 0 Å². The molecule has 0 spiro atoms. The van der Waals surface area contributed by atoms with E-state index in [1.165, 1.54) is 51.9 Å². The van der Waals surface area contributed by atoms with E-state index in [0.717, 1.165) is 42.8 Å². The van der Waals surface area contributed by atoms with Crippen molar-refractivity contribution in [1.29, 1.82) is 0 Å². The number of nitrogens with zero attached hydrogens (tertiary/aromatic N) is 3. The number of piperidine rings is 2. The maximum atomic E-state index is 12.5. The van der Waals surface area contributed by atoms with E-state index in [1.807, 2.05) is 17.5 Å². The van der Waals surface area contributed by atoms with Crippen LogP contribution in [0.15, 0.2) is 17.5 Å². The second kappa shape index (κ2) is 8.41. The minimum absolute atomic E-state index is 0.233. The first-order valence-electron chi connectivity index (χ1n) is 10.5. The predicted molar refractivity (Wildman–Crippen MR) is 108 cm³/mol. The molecule has 3 aliphatic rings. The summed E-state index contributed by atoms with van der Waals surface area (Å²) in [6, 6.07) is 5.37. The average molecular weight is 376 g/mol. The Morgan fingerprint density at radius 1 is 1.04 bits per heavy atom. The molecule has 0 radical (unpaired) electrons. The van der Waals surface area contributed by atoms with Gasteiger partial charge in [0.1, 0.15) is 0 Å². The number of hydrogen-bond acceptors (Lipinski definition) is 4. The van der Waals surface area contributed by atoms with Crippen LogP contribution in [0.1, 0.15) is 55.1 Å². The normalized spacial score (nSPS) is 25.7. The smallest absolute Gasteiger partial charge is 0.263 e. The Hall–Kier alpha value is -0.910. The van der Waals surface area contributed by atoms with Crippen LogP contribution in [-0.2, 0) is 0 Å². The molecular weight excluding hydrogens is 342 g/mol. The number of likely N-dealkylation sites (tertiary alicyclic amines) is 3. The number of carbonyl (C=O) groups excluding carboxylic acids is 1. The Kier molecular flexibility index (Phi) is 5.97. The summed E-state index contributed by atoms with van der Waals surface area (Å²) in [5, 5.41) is 1.99. The zero-order valence-electron chi connectivity index (χ0n) is 16.1. The highest BCUT2D eigenvalue weighted by Gasteiger charge is 2.33. The Morgan fingerprint density at radius 3 is 2.35 bits per heavy atom. The van der Waals surface area contributed by atoms with E-state index in [1.54, 1.807) is 11.3 Å². The molecule has 144 valence electrons. The van der Waals surface area contributed by atoms with Crippen molar-refractivity contribution in [1.82, 2.24) is 14.7 Å². The molecular formula is C21H33N3OS. The fraction of sp³-hybridized carbons (Fsp3) is 0.762. The van der Waals surface area contributed by atoms with Crippen molar-refractivity contribution in [3.63, 3.8) is 0 Å². The van der Waals surface area contributed by atoms with Gasteiger partial charge in [-0.1, -0.05) is 6.07 Å². The van der Waals surface area contributed by atoms with E-state index in [2.05, 4.69) is 21.6 Å². The zero-order chi connectivity index (χ0) is 17.9. The molecule has 3 fully saturated rings. The van der Waals surface area contributed by atoms with Crippen molar-refractivity contribution in [2.24, 2.45) is 5.92 Å². The van der Waals surface area contributed by atoms with Crippen molar-refractivity contribution in [2.75, 3.05) is 39.3 Å². The molecule has 0 bridgehead atoms. The summed E-state index contributed by atoms with van der Waals surface area (Å²) in [6.45, 7) is 9.45. The molecule has 1 aromatic heterocycles. The van der Waals surface area contributed by atoms with Crippen molar-refractivity contribution in [3.05, 3.63) is 22.4 Å². The van der Waals surface area contributed by atoms with Gasteiger partial charge >= 0.3 is 0 Å². The van der Waals surface area contributed by atoms with Crippen LogP contribution in [0.3, 0.4) is 0 Å². The molecule has 4 heterocycles. The van der Waals surface area contributed by atoms with E-state index in [9.17, 15) is 4.79 Å². The standard InChI is InChI=1S/C21H33N3OS/c1-17(22-10-2-3-11-22)18-6-12-23(13-7-18)19-8-14-24(15-9-19)21(25)20-5-4-16-26-20/h4-5,16-19H,2-3,6-15H2,1H3. The summed E-state index contributed by atoms with van der Waals surface area (Å²) in [5.41, 5.74) is 0. The van der Waals surface area contributed by atoms with Gasteiger partial charge in [-0.05, 0) is 89.0 Å². The quantitative estimate of drug-likeness (QED) is 0.805. The minimum Gasteiger partial charge on any atom is -0.338 e. The van der Waals surface area contributed by atoms with Gasteiger partial charge in [0, 0.05) is 25.2 Å². The number of rotatable bonds is 4. The minimum atomic E-state index is 0.233. The van der Waals surface area contributed by atoms with Crippen LogP contribution < -0.4 is 0 Å². The van der Waals surface area contributed by atoms with Crippen molar-refractivity contribution < 1.29 is 4.79 Å². The fourth-order valence-electron chi connectivity index (χ4n) is 5.20. The van der Waals surface area contributed by atoms with Crippen molar-refractivity contribution >= 4 is 17.2 Å². The van der Waals surface area contributed by atoms with Gasteiger partial charge in [0.2, 0.25) is 0 Å². The first kappa shape index (κ1) is 18.5. The molecule has 0 aliphatic carbocycles. The van der Waals surface area contributed by atoms with Crippen LogP contribution in [-0.4, -0.2) is 72.0 Å². The van der Waals surface area contributed by atoms with E-state index in [-0.39, 0.29) is 5.91 Å². The van der Waals surface area contributed by atoms with Crippen LogP contribution in [0, 0.1) is 5.92 Å². The highest BCUT2D eigenvalue weighted by Crippen LogP contribution is 2.29. The van der Waals surface area contributed by atoms with Crippen LogP contribution in [0.5, 0.6) is 0 Å². The molecule has 4 rings (SSSR count). The van der Waals surface area contributed by atoms with Gasteiger partial charge in [0.15, 0.2) is 0 Å². The first-order valence-corrected chi connectivity index (χ1v) is 11.4. The van der Waals surface area contributed by atoms with E-state index >= 15 is 0 Å². The van der Waals surface area contributed by atoms with E-state index in [4.69, 9.17) is 0 Å². The molecule has 4 nitrogen and oxygen atoms in total. The lowest BCUT2D eigenvalue weighted by Crippen LogP contribution is -2.50. The summed E-state index contributed by atoms with van der Waals surface area (Å²) in [4.78, 5) is 20.9. The third kappa shape index (κ3) is 4.00. The maximum absolute atomic E-state index is 12.5. The third-order valence-electron chi connectivity index (χ3n) is 6.97. The average Bonchev–Trinajstić information content (AvgIpc) is 3.41. The van der Waals surface area contributed by atoms with Gasteiger partial charge in [-0.2, -0.15) is 0 Å². The molecule has 3 aliphatic heterocycles. The first-order chi connectivity index (χ1) is 12.7. The maximum Gasteiger partial charge on any atom is 0.263 e. The number of carbonyl (C=O) groups is 1. The van der Waals surface area contributed by atoms with E-state index in [0.29, 0.717) is 6.04 Å². The van der Waals surface area contributed by atoms with Gasteiger partial charge in [0.25, 0.3) is 5.91 Å². The monoisotopic (exact) mass is 375 g/mol. The lowest BCUT2D eigenvalue weighted by molar-refractivity contribution is 0.0471. The summed E-state index contributed by atoms with van der Waals surface area (Å²) in [6.07, 6.45) is 7.78. The predicted octanol–water partition coefficient (Wildman–Crippen LogP) is 3.55. The molecule has 1 atom stereocenters. The van der Waals surface area contributed by atoms with Crippen LogP contribution in [0.25, 0.3) is 0 Å². The second-order valence-corrected chi connectivity index (χ2v) is 9.31. The lowest BCUT2D eigenvalue weighted by atomic mass is 9.88. The Bertz CT molecular complexity index is 568. The Balaban J connectivity index is 1.23. The number of hydrogen-bond donors (Lipinski definition) is 0. The van der Waals surface area contributed by atoms with Crippen molar-refractivity contribution in [3.8, 4) is 0 Å². The summed E-state index contributed by atoms with van der Waals surface area (Å²) in [7, 11) is 0.